The largest absolute Gasteiger partial charge is 0.390 e. The maximum atomic E-state index is 10.6. The van der Waals surface area contributed by atoms with Crippen molar-refractivity contribution in [3.63, 3.8) is 0 Å². The number of nitrogens with one attached hydrogen (secondary N) is 1. The number of imidazole rings is 1. The molecule has 3 aromatic heterocycles. The second-order valence-corrected chi connectivity index (χ2v) is 17.6. The Balaban J connectivity index is 1.25. The predicted octanol–water partition coefficient (Wildman–Crippen LogP) is 4.64. The van der Waals surface area contributed by atoms with Crippen LogP contribution in [0.15, 0.2) is 24.4 Å². The third kappa shape index (κ3) is 4.29. The van der Waals surface area contributed by atoms with Crippen LogP contribution >= 0.6 is 0 Å². The van der Waals surface area contributed by atoms with Gasteiger partial charge in [0.15, 0.2) is 5.65 Å². The van der Waals surface area contributed by atoms with Crippen LogP contribution in [0.4, 0.5) is 5.82 Å². The second-order valence-electron chi connectivity index (χ2n) is 12.0. The van der Waals surface area contributed by atoms with Crippen LogP contribution in [0, 0.1) is 0 Å². The third-order valence-electron chi connectivity index (χ3n) is 7.84. The van der Waals surface area contributed by atoms with Gasteiger partial charge >= 0.3 is 0 Å². The molecule has 3 saturated carbocycles. The molecule has 0 aromatic carbocycles. The smallest absolute Gasteiger partial charge is 0.154 e. The first-order valence-corrected chi connectivity index (χ1v) is 16.4. The lowest BCUT2D eigenvalue weighted by Crippen LogP contribution is -2.33. The molecule has 3 aromatic rings. The van der Waals surface area contributed by atoms with Gasteiger partial charge in [0.05, 0.1) is 11.8 Å². The highest BCUT2D eigenvalue weighted by atomic mass is 28.3. The van der Waals surface area contributed by atoms with E-state index in [1.165, 1.54) is 18.5 Å². The highest BCUT2D eigenvalue weighted by molar-refractivity contribution is 6.76. The van der Waals surface area contributed by atoms with Crippen molar-refractivity contribution in [3.05, 3.63) is 30.1 Å². The number of anilines is 1. The number of rotatable bonds is 9. The zero-order valence-electron chi connectivity index (χ0n) is 20.5. The van der Waals surface area contributed by atoms with E-state index in [0.717, 1.165) is 67.6 Å². The van der Waals surface area contributed by atoms with Gasteiger partial charge in [-0.2, -0.15) is 5.10 Å². The Morgan fingerprint density at radius 1 is 1.15 bits per heavy atom. The van der Waals surface area contributed by atoms with Crippen molar-refractivity contribution >= 4 is 19.5 Å². The molecule has 0 unspecified atom stereocenters. The Morgan fingerprint density at radius 2 is 1.94 bits per heavy atom. The first kappa shape index (κ1) is 22.2. The molecule has 0 spiro atoms. The van der Waals surface area contributed by atoms with Gasteiger partial charge < -0.3 is 15.2 Å². The SMILES string of the molecule is C[Si](C)(C)CCOCn1nc(-c2cnc3ccc(NC45CCC(O)(CC4)C5)nn23)cc1C1CC1. The molecule has 8 nitrogen and oxygen atoms in total. The molecular formula is C25H36N6O2Si. The molecule has 3 heterocycles. The fraction of sp³-hybridized carbons (Fsp3) is 0.640. The molecule has 9 heteroatoms. The zero-order chi connectivity index (χ0) is 23.6. The predicted molar refractivity (Wildman–Crippen MR) is 135 cm³/mol. The number of aliphatic hydroxyl groups is 1. The normalized spacial score (nSPS) is 26.6. The van der Waals surface area contributed by atoms with Crippen molar-refractivity contribution in [1.82, 2.24) is 24.4 Å². The summed E-state index contributed by atoms with van der Waals surface area (Å²) in [7, 11) is -1.11. The Bertz CT molecular complexity index is 1200. The van der Waals surface area contributed by atoms with E-state index in [0.29, 0.717) is 12.6 Å². The van der Waals surface area contributed by atoms with Crippen molar-refractivity contribution in [1.29, 1.82) is 0 Å². The molecule has 2 bridgehead atoms. The minimum absolute atomic E-state index is 0.0376. The summed E-state index contributed by atoms with van der Waals surface area (Å²) in [6.45, 7) is 8.41. The molecular weight excluding hydrogens is 444 g/mol. The maximum absolute atomic E-state index is 10.6. The summed E-state index contributed by atoms with van der Waals surface area (Å²) < 4.78 is 9.96. The van der Waals surface area contributed by atoms with Gasteiger partial charge in [-0.1, -0.05) is 19.6 Å². The minimum atomic E-state index is -1.11. The lowest BCUT2D eigenvalue weighted by molar-refractivity contribution is 0.0521. The lowest BCUT2D eigenvalue weighted by atomic mass is 9.93. The van der Waals surface area contributed by atoms with Crippen molar-refractivity contribution in [3.8, 4) is 11.4 Å². The van der Waals surface area contributed by atoms with Crippen molar-refractivity contribution in [2.24, 2.45) is 0 Å². The summed E-state index contributed by atoms with van der Waals surface area (Å²) in [5, 5.41) is 24.1. The highest BCUT2D eigenvalue weighted by Crippen LogP contribution is 2.51. The fourth-order valence-corrected chi connectivity index (χ4v) is 6.39. The molecule has 3 aliphatic carbocycles. The summed E-state index contributed by atoms with van der Waals surface area (Å²) >= 11 is 0. The van der Waals surface area contributed by atoms with E-state index in [4.69, 9.17) is 14.9 Å². The van der Waals surface area contributed by atoms with E-state index in [1.807, 2.05) is 27.5 Å². The monoisotopic (exact) mass is 480 g/mol. The first-order chi connectivity index (χ1) is 16.2. The number of aromatic nitrogens is 5. The van der Waals surface area contributed by atoms with Crippen molar-refractivity contribution < 1.29 is 9.84 Å². The van der Waals surface area contributed by atoms with Gasteiger partial charge in [0.25, 0.3) is 0 Å². The summed E-state index contributed by atoms with van der Waals surface area (Å²) in [6.07, 6.45) is 8.84. The standard InChI is InChI=1S/C25H36N6O2Si/c1-34(2,3)13-12-33-17-30-20(18-4-5-18)14-19(28-30)21-15-26-23-7-6-22(29-31(21)23)27-24-8-10-25(32,16-24)11-9-24/h6-7,14-15,18,32H,4-5,8-13,16-17H2,1-3H3,(H,27,29). The summed E-state index contributed by atoms with van der Waals surface area (Å²) in [4.78, 5) is 4.58. The van der Waals surface area contributed by atoms with Gasteiger partial charge in [-0.15, -0.1) is 5.10 Å². The number of ether oxygens (including phenoxy) is 1. The summed E-state index contributed by atoms with van der Waals surface area (Å²) in [5.41, 5.74) is 3.32. The van der Waals surface area contributed by atoms with E-state index in [9.17, 15) is 5.11 Å². The summed E-state index contributed by atoms with van der Waals surface area (Å²) in [6, 6.07) is 7.35. The van der Waals surface area contributed by atoms with Gasteiger partial charge in [0.2, 0.25) is 0 Å². The average molecular weight is 481 g/mol. The molecule has 0 radical (unpaired) electrons. The van der Waals surface area contributed by atoms with Crippen LogP contribution in [0.5, 0.6) is 0 Å². The van der Waals surface area contributed by atoms with Crippen LogP contribution in [0.3, 0.4) is 0 Å². The Morgan fingerprint density at radius 3 is 2.62 bits per heavy atom. The molecule has 182 valence electrons. The first-order valence-electron chi connectivity index (χ1n) is 12.7. The molecule has 2 N–H and O–H groups in total. The Kier molecular flexibility index (Phi) is 5.16. The second kappa shape index (κ2) is 7.89. The van der Waals surface area contributed by atoms with Gasteiger partial charge in [0, 0.05) is 31.8 Å². The number of hydrogen-bond acceptors (Lipinski definition) is 6. The fourth-order valence-electron chi connectivity index (χ4n) is 5.63. The molecule has 3 aliphatic rings. The van der Waals surface area contributed by atoms with Crippen molar-refractivity contribution in [2.45, 2.75) is 94.4 Å². The summed E-state index contributed by atoms with van der Waals surface area (Å²) in [5.74, 6) is 1.41. The van der Waals surface area contributed by atoms with E-state index in [1.54, 1.807) is 0 Å². The van der Waals surface area contributed by atoms with Crippen LogP contribution < -0.4 is 5.32 Å². The molecule has 34 heavy (non-hydrogen) atoms. The van der Waals surface area contributed by atoms with E-state index in [-0.39, 0.29) is 5.54 Å². The van der Waals surface area contributed by atoms with Crippen molar-refractivity contribution in [2.75, 3.05) is 11.9 Å². The number of nitrogens with zero attached hydrogens (tertiary/aromatic N) is 5. The maximum Gasteiger partial charge on any atom is 0.154 e. The van der Waals surface area contributed by atoms with Crippen LogP contribution in [-0.4, -0.2) is 55.3 Å². The van der Waals surface area contributed by atoms with Gasteiger partial charge in [0.1, 0.15) is 23.9 Å². The molecule has 0 amide bonds. The minimum Gasteiger partial charge on any atom is -0.390 e. The van der Waals surface area contributed by atoms with Gasteiger partial charge in [-0.05, 0) is 69.2 Å². The molecule has 0 atom stereocenters. The molecule has 6 rings (SSSR count). The molecule has 0 saturated heterocycles. The topological polar surface area (TPSA) is 89.5 Å². The van der Waals surface area contributed by atoms with Crippen LogP contribution in [-0.2, 0) is 11.5 Å². The van der Waals surface area contributed by atoms with Crippen LogP contribution in [0.1, 0.15) is 56.6 Å². The number of hydrogen-bond donors (Lipinski definition) is 2. The van der Waals surface area contributed by atoms with E-state index < -0.39 is 13.7 Å². The van der Waals surface area contributed by atoms with Crippen LogP contribution in [0.25, 0.3) is 17.0 Å². The van der Waals surface area contributed by atoms with Gasteiger partial charge in [-0.25, -0.2) is 14.2 Å². The van der Waals surface area contributed by atoms with E-state index >= 15 is 0 Å². The average Bonchev–Trinajstić information content (AvgIpc) is 3.12. The molecule has 3 fully saturated rings. The molecule has 0 aliphatic heterocycles. The van der Waals surface area contributed by atoms with Crippen LogP contribution in [0.2, 0.25) is 25.7 Å². The highest BCUT2D eigenvalue weighted by Gasteiger charge is 2.53. The van der Waals surface area contributed by atoms with E-state index in [2.05, 4.69) is 36.0 Å². The van der Waals surface area contributed by atoms with Gasteiger partial charge in [-0.3, -0.25) is 0 Å². The lowest BCUT2D eigenvalue weighted by Gasteiger charge is -2.28. The zero-order valence-corrected chi connectivity index (χ0v) is 21.5. The Hall–Kier alpha value is -2.23. The third-order valence-corrected chi connectivity index (χ3v) is 9.54. The number of fused-ring (bicyclic) bond motifs is 3. The quantitative estimate of drug-likeness (QED) is 0.342. The Labute approximate surface area is 201 Å².